The molecule has 54 valence electrons. The fourth-order valence-electron chi connectivity index (χ4n) is 0.650. The Balaban J connectivity index is 3.55. The lowest BCUT2D eigenvalue weighted by Crippen LogP contribution is -2.14. The van der Waals surface area contributed by atoms with Gasteiger partial charge in [0, 0.05) is 11.2 Å². The molecule has 0 amide bonds. The molecule has 0 aromatic carbocycles. The minimum atomic E-state index is 0.149. The first-order valence-corrected chi connectivity index (χ1v) is 4.18. The average molecular weight is 146 g/mol. The quantitative estimate of drug-likeness (QED) is 0.565. The van der Waals surface area contributed by atoms with Crippen LogP contribution in [0.15, 0.2) is 0 Å². The second-order valence-corrected chi connectivity index (χ2v) is 4.53. The average Bonchev–Trinajstić information content (AvgIpc) is 1.64. The third-order valence-corrected chi connectivity index (χ3v) is 2.35. The Hall–Kier alpha value is 0.0200. The van der Waals surface area contributed by atoms with E-state index >= 15 is 0 Å². The summed E-state index contributed by atoms with van der Waals surface area (Å²) in [6.07, 6.45) is 1.65. The van der Waals surface area contributed by atoms with Gasteiger partial charge in [0.1, 0.15) is 6.29 Å². The van der Waals surface area contributed by atoms with Gasteiger partial charge in [0.25, 0.3) is 0 Å². The lowest BCUT2D eigenvalue weighted by Gasteiger charge is -2.19. The largest absolute Gasteiger partial charge is 0.303 e. The van der Waals surface area contributed by atoms with Crippen LogP contribution in [0.3, 0.4) is 0 Å². The topological polar surface area (TPSA) is 17.1 Å². The van der Waals surface area contributed by atoms with Crippen molar-refractivity contribution < 1.29 is 4.79 Å². The van der Waals surface area contributed by atoms with Gasteiger partial charge in [-0.3, -0.25) is 0 Å². The van der Waals surface area contributed by atoms with Crippen molar-refractivity contribution >= 4 is 18.0 Å². The summed E-state index contributed by atoms with van der Waals surface area (Å²) >= 11 is 1.83. The number of carbonyl (C=O) groups is 1. The molecule has 9 heavy (non-hydrogen) atoms. The number of thioether (sulfide) groups is 1. The van der Waals surface area contributed by atoms with Crippen LogP contribution < -0.4 is 0 Å². The number of hydrogen-bond donors (Lipinski definition) is 0. The van der Waals surface area contributed by atoms with E-state index in [2.05, 4.69) is 20.8 Å². The van der Waals surface area contributed by atoms with Crippen molar-refractivity contribution in [3.63, 3.8) is 0 Å². The van der Waals surface area contributed by atoms with Crippen molar-refractivity contribution in [1.82, 2.24) is 0 Å². The summed E-state index contributed by atoms with van der Waals surface area (Å²) in [6, 6.07) is 0. The summed E-state index contributed by atoms with van der Waals surface area (Å²) in [5.74, 6) is 1.08. The van der Waals surface area contributed by atoms with Crippen LogP contribution in [0.1, 0.15) is 27.2 Å². The first-order valence-electron chi connectivity index (χ1n) is 3.20. The number of rotatable bonds is 4. The van der Waals surface area contributed by atoms with Gasteiger partial charge >= 0.3 is 0 Å². The smallest absolute Gasteiger partial charge is 0.121 e. The zero-order valence-electron chi connectivity index (χ0n) is 6.31. The standard InChI is InChI=1S/C7H14OS/c1-4-9-7(2,3)5-6-8/h6H,4-5H2,1-3H3. The van der Waals surface area contributed by atoms with E-state index in [9.17, 15) is 4.79 Å². The van der Waals surface area contributed by atoms with Crippen LogP contribution in [-0.2, 0) is 4.79 Å². The maximum atomic E-state index is 10.1. The highest BCUT2D eigenvalue weighted by Crippen LogP contribution is 2.25. The van der Waals surface area contributed by atoms with E-state index < -0.39 is 0 Å². The van der Waals surface area contributed by atoms with E-state index in [0.29, 0.717) is 6.42 Å². The van der Waals surface area contributed by atoms with Gasteiger partial charge in [0.05, 0.1) is 0 Å². The van der Waals surface area contributed by atoms with Crippen LogP contribution in [-0.4, -0.2) is 16.8 Å². The van der Waals surface area contributed by atoms with E-state index in [1.165, 1.54) is 0 Å². The molecule has 0 atom stereocenters. The Labute approximate surface area is 61.2 Å². The van der Waals surface area contributed by atoms with Gasteiger partial charge in [-0.25, -0.2) is 0 Å². The van der Waals surface area contributed by atoms with E-state index in [1.54, 1.807) is 0 Å². The number of aldehydes is 1. The van der Waals surface area contributed by atoms with Gasteiger partial charge in [-0.1, -0.05) is 20.8 Å². The van der Waals surface area contributed by atoms with Crippen molar-refractivity contribution in [2.75, 3.05) is 5.75 Å². The van der Waals surface area contributed by atoms with E-state index in [-0.39, 0.29) is 4.75 Å². The number of hydrogen-bond acceptors (Lipinski definition) is 2. The highest BCUT2D eigenvalue weighted by atomic mass is 32.2. The molecule has 0 rings (SSSR count). The Morgan fingerprint density at radius 2 is 2.11 bits per heavy atom. The second-order valence-electron chi connectivity index (χ2n) is 2.56. The zero-order chi connectivity index (χ0) is 7.33. The van der Waals surface area contributed by atoms with Crippen LogP contribution in [0, 0.1) is 0 Å². The highest BCUT2D eigenvalue weighted by molar-refractivity contribution is 8.00. The lowest BCUT2D eigenvalue weighted by molar-refractivity contribution is -0.108. The third-order valence-electron chi connectivity index (χ3n) is 1.11. The van der Waals surface area contributed by atoms with Gasteiger partial charge in [-0.15, -0.1) is 0 Å². The Morgan fingerprint density at radius 3 is 2.44 bits per heavy atom. The molecule has 0 saturated heterocycles. The molecule has 0 spiro atoms. The first kappa shape index (κ1) is 9.02. The predicted molar refractivity (Wildman–Crippen MR) is 42.9 cm³/mol. The molecule has 1 nitrogen and oxygen atoms in total. The van der Waals surface area contributed by atoms with Gasteiger partial charge < -0.3 is 4.79 Å². The van der Waals surface area contributed by atoms with Crippen LogP contribution in [0.2, 0.25) is 0 Å². The molecular weight excluding hydrogens is 132 g/mol. The lowest BCUT2D eigenvalue weighted by atomic mass is 10.1. The molecule has 0 saturated carbocycles. The second kappa shape index (κ2) is 3.94. The summed E-state index contributed by atoms with van der Waals surface area (Å²) in [5, 5.41) is 0. The van der Waals surface area contributed by atoms with Gasteiger partial charge in [-0.2, -0.15) is 11.8 Å². The minimum absolute atomic E-state index is 0.149. The summed E-state index contributed by atoms with van der Waals surface area (Å²) < 4.78 is 0.149. The molecule has 0 bridgehead atoms. The van der Waals surface area contributed by atoms with Crippen LogP contribution >= 0.6 is 11.8 Å². The minimum Gasteiger partial charge on any atom is -0.303 e. The molecule has 0 unspecified atom stereocenters. The Bertz CT molecular complexity index is 88.9. The zero-order valence-corrected chi connectivity index (χ0v) is 7.12. The van der Waals surface area contributed by atoms with Gasteiger partial charge in [-0.05, 0) is 5.75 Å². The SMILES string of the molecule is CCSC(C)(C)CC=O. The maximum absolute atomic E-state index is 10.1. The van der Waals surface area contributed by atoms with E-state index in [1.807, 2.05) is 11.8 Å². The molecule has 0 aliphatic heterocycles. The normalized spacial score (nSPS) is 11.4. The summed E-state index contributed by atoms with van der Waals surface area (Å²) in [6.45, 7) is 6.29. The fourth-order valence-corrected chi connectivity index (χ4v) is 1.62. The van der Waals surface area contributed by atoms with Crippen LogP contribution in [0.5, 0.6) is 0 Å². The molecule has 0 aliphatic rings. The van der Waals surface area contributed by atoms with Crippen molar-refractivity contribution in [2.45, 2.75) is 31.9 Å². The van der Waals surface area contributed by atoms with Crippen molar-refractivity contribution in [1.29, 1.82) is 0 Å². The monoisotopic (exact) mass is 146 g/mol. The Kier molecular flexibility index (Phi) is 3.95. The van der Waals surface area contributed by atoms with Gasteiger partial charge in [0.2, 0.25) is 0 Å². The molecule has 0 aromatic rings. The fraction of sp³-hybridized carbons (Fsp3) is 0.857. The summed E-state index contributed by atoms with van der Waals surface area (Å²) in [4.78, 5) is 10.1. The molecule has 0 aliphatic carbocycles. The molecule has 0 heterocycles. The summed E-state index contributed by atoms with van der Waals surface area (Å²) in [5.41, 5.74) is 0. The molecule has 0 fully saturated rings. The first-order chi connectivity index (χ1) is 4.12. The molecule has 0 N–H and O–H groups in total. The number of carbonyl (C=O) groups excluding carboxylic acids is 1. The van der Waals surface area contributed by atoms with Crippen LogP contribution in [0.25, 0.3) is 0 Å². The molecular formula is C7H14OS. The van der Waals surface area contributed by atoms with Crippen molar-refractivity contribution in [2.24, 2.45) is 0 Å². The van der Waals surface area contributed by atoms with Crippen molar-refractivity contribution in [3.8, 4) is 0 Å². The third kappa shape index (κ3) is 4.52. The highest BCUT2D eigenvalue weighted by Gasteiger charge is 2.15. The molecule has 0 radical (unpaired) electrons. The maximum Gasteiger partial charge on any atom is 0.121 e. The van der Waals surface area contributed by atoms with E-state index in [0.717, 1.165) is 12.0 Å². The molecule has 2 heteroatoms. The summed E-state index contributed by atoms with van der Waals surface area (Å²) in [7, 11) is 0. The predicted octanol–water partition coefficient (Wildman–Crippen LogP) is 2.11. The van der Waals surface area contributed by atoms with Gasteiger partial charge in [0.15, 0.2) is 0 Å². The van der Waals surface area contributed by atoms with Crippen molar-refractivity contribution in [3.05, 3.63) is 0 Å². The van der Waals surface area contributed by atoms with E-state index in [4.69, 9.17) is 0 Å². The molecule has 0 aromatic heterocycles. The Morgan fingerprint density at radius 1 is 1.56 bits per heavy atom. The van der Waals surface area contributed by atoms with Crippen LogP contribution in [0.4, 0.5) is 0 Å².